The molecule has 1 fully saturated rings. The second kappa shape index (κ2) is 5.22. The van der Waals surface area contributed by atoms with E-state index in [-0.39, 0.29) is 5.78 Å². The number of carbonyl (C=O) groups is 1. The highest BCUT2D eigenvalue weighted by molar-refractivity contribution is 6.28. The lowest BCUT2D eigenvalue weighted by Gasteiger charge is -2.30. The number of aromatic nitrogens is 1. The number of ketones is 1. The highest BCUT2D eigenvalue weighted by Crippen LogP contribution is 2.40. The van der Waals surface area contributed by atoms with Crippen LogP contribution in [-0.2, 0) is 0 Å². The zero-order valence-electron chi connectivity index (χ0n) is 14.3. The van der Waals surface area contributed by atoms with Gasteiger partial charge in [0.1, 0.15) is 5.84 Å². The third-order valence-electron chi connectivity index (χ3n) is 5.22. The molecule has 1 N–H and O–H groups in total. The molecular formula is C21H17N3O2. The number of anilines is 1. The van der Waals surface area contributed by atoms with Crippen molar-refractivity contribution in [1.29, 1.82) is 0 Å². The molecular weight excluding hydrogens is 326 g/mol. The summed E-state index contributed by atoms with van der Waals surface area (Å²) in [6, 6.07) is 15.4. The number of aliphatic imine (C=N–C) groups is 1. The Bertz CT molecular complexity index is 1110. The van der Waals surface area contributed by atoms with Gasteiger partial charge >= 0.3 is 0 Å². The molecule has 1 atom stereocenters. The SMILES string of the molecule is Cc1ccc2c(c1)C(=O)[C@]1(O)CCN(c3ccc4ncccc4c3)C1=N2. The number of pyridine rings is 1. The molecule has 5 nitrogen and oxygen atoms in total. The van der Waals surface area contributed by atoms with Crippen LogP contribution in [0.3, 0.4) is 0 Å². The molecule has 0 spiro atoms. The quantitative estimate of drug-likeness (QED) is 0.735. The van der Waals surface area contributed by atoms with Gasteiger partial charge in [0.05, 0.1) is 11.2 Å². The van der Waals surface area contributed by atoms with Gasteiger partial charge in [-0.25, -0.2) is 4.99 Å². The number of benzene rings is 2. The van der Waals surface area contributed by atoms with E-state index < -0.39 is 5.60 Å². The van der Waals surface area contributed by atoms with Gasteiger partial charge in [0.2, 0.25) is 5.78 Å². The molecule has 2 aliphatic rings. The standard InChI is InChI=1S/C21H17N3O2/c1-13-4-6-18-16(11-13)19(25)21(26)8-10-24(20(21)23-18)15-5-7-17-14(12-15)3-2-9-22-17/h2-7,9,11-12,26H,8,10H2,1H3/t21-/m1/s1. The van der Waals surface area contributed by atoms with E-state index in [1.807, 2.05) is 54.3 Å². The maximum atomic E-state index is 13.0. The monoisotopic (exact) mass is 343 g/mol. The Morgan fingerprint density at radius 2 is 2.04 bits per heavy atom. The van der Waals surface area contributed by atoms with Crippen molar-refractivity contribution >= 4 is 33.9 Å². The number of Topliss-reactive ketones (excluding diaryl/α,β-unsaturated/α-hetero) is 1. The summed E-state index contributed by atoms with van der Waals surface area (Å²) in [4.78, 5) is 23.9. The zero-order chi connectivity index (χ0) is 17.9. The Morgan fingerprint density at radius 1 is 1.15 bits per heavy atom. The van der Waals surface area contributed by atoms with E-state index in [0.717, 1.165) is 22.2 Å². The maximum Gasteiger partial charge on any atom is 0.204 e. The topological polar surface area (TPSA) is 65.8 Å². The molecule has 0 saturated carbocycles. The van der Waals surface area contributed by atoms with E-state index in [0.29, 0.717) is 30.1 Å². The van der Waals surface area contributed by atoms with Crippen LogP contribution in [0.25, 0.3) is 10.9 Å². The van der Waals surface area contributed by atoms with Gasteiger partial charge in [0, 0.05) is 35.8 Å². The minimum Gasteiger partial charge on any atom is -0.374 e. The first-order valence-electron chi connectivity index (χ1n) is 8.66. The molecule has 5 rings (SSSR count). The van der Waals surface area contributed by atoms with Gasteiger partial charge < -0.3 is 10.0 Å². The number of amidine groups is 1. The first-order valence-corrected chi connectivity index (χ1v) is 8.66. The number of nitrogens with zero attached hydrogens (tertiary/aromatic N) is 3. The Kier molecular flexibility index (Phi) is 3.06. The number of hydrogen-bond donors (Lipinski definition) is 1. The summed E-state index contributed by atoms with van der Waals surface area (Å²) in [5, 5.41) is 12.1. The summed E-state index contributed by atoms with van der Waals surface area (Å²) >= 11 is 0. The smallest absolute Gasteiger partial charge is 0.204 e. The summed E-state index contributed by atoms with van der Waals surface area (Å²) in [5.41, 5.74) is 2.37. The molecule has 1 saturated heterocycles. The van der Waals surface area contributed by atoms with Crippen LogP contribution >= 0.6 is 0 Å². The second-order valence-corrected chi connectivity index (χ2v) is 6.93. The Hall–Kier alpha value is -3.05. The molecule has 128 valence electrons. The Balaban J connectivity index is 1.66. The van der Waals surface area contributed by atoms with Crippen molar-refractivity contribution in [1.82, 2.24) is 4.98 Å². The number of hydrogen-bond acceptors (Lipinski definition) is 5. The predicted molar refractivity (Wildman–Crippen MR) is 101 cm³/mol. The summed E-state index contributed by atoms with van der Waals surface area (Å²) < 4.78 is 0. The number of rotatable bonds is 1. The number of carbonyl (C=O) groups excluding carboxylic acids is 1. The van der Waals surface area contributed by atoms with Gasteiger partial charge in [0.15, 0.2) is 5.60 Å². The van der Waals surface area contributed by atoms with Crippen LogP contribution in [0.5, 0.6) is 0 Å². The van der Waals surface area contributed by atoms with E-state index in [9.17, 15) is 9.90 Å². The molecule has 1 aromatic heterocycles. The third kappa shape index (κ3) is 2.04. The average molecular weight is 343 g/mol. The van der Waals surface area contributed by atoms with Crippen LogP contribution < -0.4 is 4.90 Å². The highest BCUT2D eigenvalue weighted by Gasteiger charge is 2.52. The number of fused-ring (bicyclic) bond motifs is 3. The molecule has 0 unspecified atom stereocenters. The van der Waals surface area contributed by atoms with Gasteiger partial charge in [-0.3, -0.25) is 9.78 Å². The van der Waals surface area contributed by atoms with Gasteiger partial charge in [-0.05, 0) is 43.3 Å². The van der Waals surface area contributed by atoms with Crippen molar-refractivity contribution < 1.29 is 9.90 Å². The first kappa shape index (κ1) is 15.2. The molecule has 3 heterocycles. The lowest BCUT2D eigenvalue weighted by atomic mass is 9.87. The fourth-order valence-corrected chi connectivity index (χ4v) is 3.83. The van der Waals surface area contributed by atoms with Crippen LogP contribution in [0.2, 0.25) is 0 Å². The van der Waals surface area contributed by atoms with Crippen molar-refractivity contribution in [2.75, 3.05) is 11.4 Å². The molecule has 0 bridgehead atoms. The van der Waals surface area contributed by atoms with Crippen molar-refractivity contribution in [2.24, 2.45) is 4.99 Å². The van der Waals surface area contributed by atoms with Gasteiger partial charge in [-0.1, -0.05) is 17.7 Å². The normalized spacial score (nSPS) is 21.5. The highest BCUT2D eigenvalue weighted by atomic mass is 16.3. The maximum absolute atomic E-state index is 13.0. The molecule has 2 aliphatic heterocycles. The molecule has 0 radical (unpaired) electrons. The lowest BCUT2D eigenvalue weighted by molar-refractivity contribution is 0.0602. The van der Waals surface area contributed by atoms with Crippen LogP contribution in [0.1, 0.15) is 22.3 Å². The third-order valence-corrected chi connectivity index (χ3v) is 5.22. The van der Waals surface area contributed by atoms with E-state index in [1.165, 1.54) is 0 Å². The molecule has 3 aromatic rings. The predicted octanol–water partition coefficient (Wildman–Crippen LogP) is 3.41. The molecule has 5 heteroatoms. The molecule has 0 amide bonds. The summed E-state index contributed by atoms with van der Waals surface area (Å²) in [7, 11) is 0. The van der Waals surface area contributed by atoms with Gasteiger partial charge in [-0.2, -0.15) is 0 Å². The minimum absolute atomic E-state index is 0.258. The van der Waals surface area contributed by atoms with Crippen molar-refractivity contribution in [3.8, 4) is 0 Å². The Labute approximate surface area is 150 Å². The molecule has 0 aliphatic carbocycles. The summed E-state index contributed by atoms with van der Waals surface area (Å²) in [5.74, 6) is 0.160. The Morgan fingerprint density at radius 3 is 2.92 bits per heavy atom. The largest absolute Gasteiger partial charge is 0.374 e. The van der Waals surface area contributed by atoms with Crippen LogP contribution in [0.15, 0.2) is 59.7 Å². The zero-order valence-corrected chi connectivity index (χ0v) is 14.3. The molecule has 26 heavy (non-hydrogen) atoms. The fraction of sp³-hybridized carbons (Fsp3) is 0.190. The summed E-state index contributed by atoms with van der Waals surface area (Å²) in [6.07, 6.45) is 2.10. The van der Waals surface area contributed by atoms with E-state index in [1.54, 1.807) is 12.3 Å². The van der Waals surface area contributed by atoms with E-state index in [2.05, 4.69) is 9.98 Å². The van der Waals surface area contributed by atoms with Crippen molar-refractivity contribution in [3.05, 3.63) is 65.9 Å². The van der Waals surface area contributed by atoms with Gasteiger partial charge in [-0.15, -0.1) is 0 Å². The van der Waals surface area contributed by atoms with Crippen LogP contribution in [-0.4, -0.2) is 33.9 Å². The summed E-state index contributed by atoms with van der Waals surface area (Å²) in [6.45, 7) is 2.47. The minimum atomic E-state index is -1.55. The second-order valence-electron chi connectivity index (χ2n) is 6.93. The first-order chi connectivity index (χ1) is 12.6. The molecule has 2 aromatic carbocycles. The fourth-order valence-electron chi connectivity index (χ4n) is 3.83. The van der Waals surface area contributed by atoms with E-state index in [4.69, 9.17) is 0 Å². The number of aryl methyl sites for hydroxylation is 1. The van der Waals surface area contributed by atoms with E-state index >= 15 is 0 Å². The average Bonchev–Trinajstić information content (AvgIpc) is 3.00. The lowest BCUT2D eigenvalue weighted by Crippen LogP contribution is -2.48. The van der Waals surface area contributed by atoms with Crippen molar-refractivity contribution in [2.45, 2.75) is 18.9 Å². The van der Waals surface area contributed by atoms with Crippen LogP contribution in [0.4, 0.5) is 11.4 Å². The van der Waals surface area contributed by atoms with Gasteiger partial charge in [0.25, 0.3) is 0 Å². The van der Waals surface area contributed by atoms with Crippen LogP contribution in [0, 0.1) is 6.92 Å². The number of aliphatic hydroxyl groups is 1. The van der Waals surface area contributed by atoms with Crippen molar-refractivity contribution in [3.63, 3.8) is 0 Å².